The lowest BCUT2D eigenvalue weighted by Gasteiger charge is -2.29. The highest BCUT2D eigenvalue weighted by atomic mass is 16.2. The van der Waals surface area contributed by atoms with Gasteiger partial charge in [-0.1, -0.05) is 26.7 Å². The molecule has 80 valence electrons. The summed E-state index contributed by atoms with van der Waals surface area (Å²) in [4.78, 5) is 11.7. The Kier molecular flexibility index (Phi) is 2.80. The molecule has 0 aromatic rings. The van der Waals surface area contributed by atoms with Crippen LogP contribution in [0.15, 0.2) is 0 Å². The molecule has 2 nitrogen and oxygen atoms in total. The number of hydrogen-bond donors (Lipinski definition) is 1. The van der Waals surface area contributed by atoms with Crippen LogP contribution in [0.2, 0.25) is 0 Å². The largest absolute Gasteiger partial charge is 0.353 e. The average Bonchev–Trinajstić information content (AvgIpc) is 2.87. The second-order valence-electron chi connectivity index (χ2n) is 5.20. The minimum atomic E-state index is 0.316. The molecule has 0 bridgehead atoms. The lowest BCUT2D eigenvalue weighted by molar-refractivity contribution is -0.123. The predicted octanol–water partition coefficient (Wildman–Crippen LogP) is 2.34. The van der Waals surface area contributed by atoms with Crippen LogP contribution in [0.5, 0.6) is 0 Å². The number of nitrogens with one attached hydrogen (secondary N) is 1. The van der Waals surface area contributed by atoms with E-state index in [1.165, 1.54) is 25.7 Å². The van der Waals surface area contributed by atoms with Crippen LogP contribution in [0, 0.1) is 17.8 Å². The molecule has 1 amide bonds. The van der Waals surface area contributed by atoms with E-state index in [-0.39, 0.29) is 0 Å². The lowest BCUT2D eigenvalue weighted by atomic mass is 9.86. The average molecular weight is 195 g/mol. The van der Waals surface area contributed by atoms with Crippen LogP contribution in [0.25, 0.3) is 0 Å². The van der Waals surface area contributed by atoms with E-state index in [0.717, 1.165) is 6.42 Å². The van der Waals surface area contributed by atoms with Crippen LogP contribution in [0.3, 0.4) is 0 Å². The third kappa shape index (κ3) is 2.10. The van der Waals surface area contributed by atoms with Crippen molar-refractivity contribution in [2.75, 3.05) is 0 Å². The van der Waals surface area contributed by atoms with E-state index in [1.807, 2.05) is 0 Å². The first-order chi connectivity index (χ1) is 6.68. The number of carbonyl (C=O) groups excluding carboxylic acids is 1. The first-order valence-corrected chi connectivity index (χ1v) is 5.99. The van der Waals surface area contributed by atoms with Gasteiger partial charge in [0.25, 0.3) is 0 Å². The molecular weight excluding hydrogens is 174 g/mol. The summed E-state index contributed by atoms with van der Waals surface area (Å²) in [6.07, 6.45) is 6.20. The van der Waals surface area contributed by atoms with Crippen molar-refractivity contribution in [3.05, 3.63) is 0 Å². The van der Waals surface area contributed by atoms with Crippen LogP contribution in [-0.2, 0) is 4.79 Å². The second kappa shape index (κ2) is 3.92. The van der Waals surface area contributed by atoms with Gasteiger partial charge in [0, 0.05) is 12.0 Å². The van der Waals surface area contributed by atoms with Crippen LogP contribution >= 0.6 is 0 Å². The summed E-state index contributed by atoms with van der Waals surface area (Å²) in [6.45, 7) is 4.43. The third-order valence-electron chi connectivity index (χ3n) is 3.89. The van der Waals surface area contributed by atoms with E-state index >= 15 is 0 Å². The maximum absolute atomic E-state index is 11.7. The zero-order chi connectivity index (χ0) is 10.1. The number of amides is 1. The topological polar surface area (TPSA) is 29.1 Å². The van der Waals surface area contributed by atoms with Gasteiger partial charge in [-0.05, 0) is 31.1 Å². The fourth-order valence-electron chi connectivity index (χ4n) is 2.51. The molecule has 0 unspecified atom stereocenters. The van der Waals surface area contributed by atoms with E-state index in [2.05, 4.69) is 19.2 Å². The molecule has 0 spiro atoms. The third-order valence-corrected chi connectivity index (χ3v) is 3.89. The molecule has 4 atom stereocenters. The Morgan fingerprint density at radius 1 is 1.14 bits per heavy atom. The summed E-state index contributed by atoms with van der Waals surface area (Å²) in [6, 6.07) is 0.462. The second-order valence-corrected chi connectivity index (χ2v) is 5.20. The summed E-state index contributed by atoms with van der Waals surface area (Å²) < 4.78 is 0. The SMILES string of the molecule is C[C@H]1CCCC[C@H]1NC(=O)[C@@H]1C[C@@H]1C. The molecule has 0 radical (unpaired) electrons. The zero-order valence-electron chi connectivity index (χ0n) is 9.25. The number of rotatable bonds is 2. The Bertz CT molecular complexity index is 226. The highest BCUT2D eigenvalue weighted by molar-refractivity contribution is 5.81. The van der Waals surface area contributed by atoms with Crippen molar-refractivity contribution < 1.29 is 4.79 Å². The quantitative estimate of drug-likeness (QED) is 0.720. The van der Waals surface area contributed by atoms with Crippen molar-refractivity contribution >= 4 is 5.91 Å². The fourth-order valence-corrected chi connectivity index (χ4v) is 2.51. The Balaban J connectivity index is 1.80. The van der Waals surface area contributed by atoms with Gasteiger partial charge in [-0.15, -0.1) is 0 Å². The minimum Gasteiger partial charge on any atom is -0.353 e. The van der Waals surface area contributed by atoms with Gasteiger partial charge in [0.15, 0.2) is 0 Å². The zero-order valence-corrected chi connectivity index (χ0v) is 9.25. The van der Waals surface area contributed by atoms with Crippen LogP contribution in [0.4, 0.5) is 0 Å². The van der Waals surface area contributed by atoms with Crippen molar-refractivity contribution in [1.29, 1.82) is 0 Å². The van der Waals surface area contributed by atoms with Gasteiger partial charge in [0.05, 0.1) is 0 Å². The molecule has 14 heavy (non-hydrogen) atoms. The van der Waals surface area contributed by atoms with Crippen molar-refractivity contribution in [1.82, 2.24) is 5.32 Å². The smallest absolute Gasteiger partial charge is 0.223 e. The van der Waals surface area contributed by atoms with Crippen molar-refractivity contribution in [2.45, 2.75) is 52.0 Å². The van der Waals surface area contributed by atoms with Crippen molar-refractivity contribution in [2.24, 2.45) is 17.8 Å². The molecule has 2 heteroatoms. The van der Waals surface area contributed by atoms with Crippen LogP contribution < -0.4 is 5.32 Å². The van der Waals surface area contributed by atoms with Gasteiger partial charge in [0.2, 0.25) is 5.91 Å². The molecule has 2 fully saturated rings. The Morgan fingerprint density at radius 3 is 2.36 bits per heavy atom. The van der Waals surface area contributed by atoms with E-state index < -0.39 is 0 Å². The fraction of sp³-hybridized carbons (Fsp3) is 0.917. The molecule has 0 aliphatic heterocycles. The summed E-state index contributed by atoms with van der Waals surface area (Å²) in [7, 11) is 0. The van der Waals surface area contributed by atoms with Crippen molar-refractivity contribution in [3.63, 3.8) is 0 Å². The predicted molar refractivity (Wildman–Crippen MR) is 56.8 cm³/mol. The van der Waals surface area contributed by atoms with Crippen LogP contribution in [0.1, 0.15) is 46.0 Å². The molecule has 0 heterocycles. The number of hydrogen-bond acceptors (Lipinski definition) is 1. The summed E-state index contributed by atoms with van der Waals surface area (Å²) in [5.74, 6) is 1.97. The molecule has 2 aliphatic carbocycles. The van der Waals surface area contributed by atoms with Gasteiger partial charge in [-0.2, -0.15) is 0 Å². The maximum Gasteiger partial charge on any atom is 0.223 e. The Morgan fingerprint density at radius 2 is 1.79 bits per heavy atom. The van der Waals surface area contributed by atoms with Gasteiger partial charge in [0.1, 0.15) is 0 Å². The molecule has 2 rings (SSSR count). The van der Waals surface area contributed by atoms with E-state index in [1.54, 1.807) is 0 Å². The van der Waals surface area contributed by atoms with Gasteiger partial charge >= 0.3 is 0 Å². The first-order valence-electron chi connectivity index (χ1n) is 5.99. The summed E-state index contributed by atoms with van der Waals surface area (Å²) >= 11 is 0. The van der Waals surface area contributed by atoms with Gasteiger partial charge in [-0.25, -0.2) is 0 Å². The molecule has 1 N–H and O–H groups in total. The van der Waals surface area contributed by atoms with Gasteiger partial charge in [-0.3, -0.25) is 4.79 Å². The standard InChI is InChI=1S/C12H21NO/c1-8-5-3-4-6-11(8)13-12(14)10-7-9(10)2/h8-11H,3-7H2,1-2H3,(H,13,14)/t8-,9-,10+,11+/m0/s1. The van der Waals surface area contributed by atoms with E-state index in [4.69, 9.17) is 0 Å². The normalized spacial score (nSPS) is 41.9. The molecule has 0 aromatic carbocycles. The van der Waals surface area contributed by atoms with E-state index in [0.29, 0.717) is 29.7 Å². The summed E-state index contributed by atoms with van der Waals surface area (Å²) in [5, 5.41) is 3.22. The molecule has 0 saturated heterocycles. The number of carbonyl (C=O) groups is 1. The minimum absolute atomic E-state index is 0.316. The van der Waals surface area contributed by atoms with Gasteiger partial charge < -0.3 is 5.32 Å². The highest BCUT2D eigenvalue weighted by Crippen LogP contribution is 2.38. The Labute approximate surface area is 86.5 Å². The Hall–Kier alpha value is -0.530. The highest BCUT2D eigenvalue weighted by Gasteiger charge is 2.40. The molecular formula is C12H21NO. The molecule has 0 aromatic heterocycles. The van der Waals surface area contributed by atoms with Crippen LogP contribution in [-0.4, -0.2) is 11.9 Å². The lowest BCUT2D eigenvalue weighted by Crippen LogP contribution is -2.41. The monoisotopic (exact) mass is 195 g/mol. The summed E-state index contributed by atoms with van der Waals surface area (Å²) in [5.41, 5.74) is 0. The molecule has 2 aliphatic rings. The van der Waals surface area contributed by atoms with Crippen molar-refractivity contribution in [3.8, 4) is 0 Å². The van der Waals surface area contributed by atoms with E-state index in [9.17, 15) is 4.79 Å². The first kappa shape index (κ1) is 10.0. The molecule has 2 saturated carbocycles. The maximum atomic E-state index is 11.7.